The lowest BCUT2D eigenvalue weighted by Gasteiger charge is -2.20. The first-order valence-corrected chi connectivity index (χ1v) is 7.58. The molecule has 8 heteroatoms. The van der Waals surface area contributed by atoms with Crippen LogP contribution in [0.3, 0.4) is 0 Å². The van der Waals surface area contributed by atoms with Gasteiger partial charge in [0.15, 0.2) is 0 Å². The minimum atomic E-state index is -3.96. The quantitative estimate of drug-likeness (QED) is 0.434. The van der Waals surface area contributed by atoms with E-state index in [1.807, 2.05) is 6.92 Å². The Morgan fingerprint density at radius 2 is 2.14 bits per heavy atom. The lowest BCUT2D eigenvalue weighted by Crippen LogP contribution is -2.32. The summed E-state index contributed by atoms with van der Waals surface area (Å²) < 4.78 is 31.3. The van der Waals surface area contributed by atoms with Gasteiger partial charge in [-0.05, 0) is 12.5 Å². The van der Waals surface area contributed by atoms with Crippen LogP contribution in [0.25, 0.3) is 0 Å². The number of nitro groups is 1. The Morgan fingerprint density at radius 3 is 2.62 bits per heavy atom. The van der Waals surface area contributed by atoms with Crippen molar-refractivity contribution in [3.63, 3.8) is 0 Å². The van der Waals surface area contributed by atoms with E-state index in [1.165, 1.54) is 19.2 Å². The number of non-ortho nitro benzene ring substituents is 1. The predicted octanol–water partition coefficient (Wildman–Crippen LogP) is 1.64. The molecule has 0 aromatic heterocycles. The van der Waals surface area contributed by atoms with Crippen LogP contribution in [0.2, 0.25) is 0 Å². The number of hydrogen-bond donors (Lipinski definition) is 0. The smallest absolute Gasteiger partial charge is 0.271 e. The molecule has 0 spiro atoms. The highest BCUT2D eigenvalue weighted by Crippen LogP contribution is 2.30. The zero-order chi connectivity index (χ0) is 16.0. The van der Waals surface area contributed by atoms with Gasteiger partial charge >= 0.3 is 0 Å². The van der Waals surface area contributed by atoms with Gasteiger partial charge in [-0.1, -0.05) is 12.8 Å². The van der Waals surface area contributed by atoms with Crippen LogP contribution in [-0.4, -0.2) is 37.8 Å². The molecule has 0 radical (unpaired) electrons. The molecule has 0 saturated heterocycles. The fourth-order valence-corrected chi connectivity index (χ4v) is 3.38. The molecule has 1 rings (SSSR count). The minimum Gasteiger partial charge on any atom is -0.495 e. The standard InChI is InChI=1S/C13H16N2O5S/c1-4-8-14(9-5-2)21(18,19)13-10-11(15(16)17)6-7-12(13)20-3/h1,6-7,10H,5,8-9H2,2-3H3. The second-order valence-electron chi connectivity index (χ2n) is 4.13. The van der Waals surface area contributed by atoms with E-state index < -0.39 is 14.9 Å². The van der Waals surface area contributed by atoms with Crippen molar-refractivity contribution in [3.8, 4) is 18.1 Å². The van der Waals surface area contributed by atoms with Crippen LogP contribution in [-0.2, 0) is 10.0 Å². The molecular weight excluding hydrogens is 296 g/mol. The maximum absolute atomic E-state index is 12.6. The average Bonchev–Trinajstić information content (AvgIpc) is 2.46. The maximum Gasteiger partial charge on any atom is 0.271 e. The van der Waals surface area contributed by atoms with Gasteiger partial charge in [-0.3, -0.25) is 10.1 Å². The first kappa shape index (κ1) is 16.9. The maximum atomic E-state index is 12.6. The third kappa shape index (κ3) is 3.71. The van der Waals surface area contributed by atoms with Gasteiger partial charge in [0.2, 0.25) is 10.0 Å². The first-order valence-electron chi connectivity index (χ1n) is 6.14. The molecule has 1 aromatic carbocycles. The van der Waals surface area contributed by atoms with E-state index in [0.29, 0.717) is 6.42 Å². The average molecular weight is 312 g/mol. The molecular formula is C13H16N2O5S. The number of nitro benzene ring substituents is 1. The SMILES string of the molecule is C#CCN(CCC)S(=O)(=O)c1cc([N+](=O)[O-])ccc1OC. The zero-order valence-corrected chi connectivity index (χ0v) is 12.6. The Morgan fingerprint density at radius 1 is 1.48 bits per heavy atom. The summed E-state index contributed by atoms with van der Waals surface area (Å²) in [5, 5.41) is 10.8. The van der Waals surface area contributed by atoms with Crippen molar-refractivity contribution >= 4 is 15.7 Å². The number of ether oxygens (including phenoxy) is 1. The van der Waals surface area contributed by atoms with E-state index in [2.05, 4.69) is 5.92 Å². The molecule has 0 N–H and O–H groups in total. The normalized spacial score (nSPS) is 11.1. The van der Waals surface area contributed by atoms with Crippen molar-refractivity contribution in [2.45, 2.75) is 18.2 Å². The summed E-state index contributed by atoms with van der Waals surface area (Å²) in [7, 11) is -2.67. The molecule has 1 aromatic rings. The summed E-state index contributed by atoms with van der Waals surface area (Å²) >= 11 is 0. The third-order valence-corrected chi connectivity index (χ3v) is 4.58. The first-order chi connectivity index (χ1) is 9.88. The molecule has 0 unspecified atom stereocenters. The Kier molecular flexibility index (Phi) is 5.69. The predicted molar refractivity (Wildman–Crippen MR) is 77.5 cm³/mol. The molecule has 0 amide bonds. The van der Waals surface area contributed by atoms with Crippen LogP contribution in [0.4, 0.5) is 5.69 Å². The van der Waals surface area contributed by atoms with Crippen molar-refractivity contribution in [2.75, 3.05) is 20.2 Å². The Hall–Kier alpha value is -2.11. The molecule has 7 nitrogen and oxygen atoms in total. The van der Waals surface area contributed by atoms with Crippen LogP contribution >= 0.6 is 0 Å². The highest BCUT2D eigenvalue weighted by atomic mass is 32.2. The number of terminal acetylenes is 1. The van der Waals surface area contributed by atoms with E-state index in [9.17, 15) is 18.5 Å². The number of sulfonamides is 1. The molecule has 0 aliphatic carbocycles. The number of hydrogen-bond acceptors (Lipinski definition) is 5. The zero-order valence-electron chi connectivity index (χ0n) is 11.8. The molecule has 0 fully saturated rings. The van der Waals surface area contributed by atoms with E-state index >= 15 is 0 Å². The summed E-state index contributed by atoms with van der Waals surface area (Å²) in [4.78, 5) is 9.90. The summed E-state index contributed by atoms with van der Waals surface area (Å²) in [5.74, 6) is 2.32. The molecule has 0 aliphatic rings. The van der Waals surface area contributed by atoms with Crippen molar-refractivity contribution in [2.24, 2.45) is 0 Å². The monoisotopic (exact) mass is 312 g/mol. The van der Waals surface area contributed by atoms with Crippen molar-refractivity contribution in [1.82, 2.24) is 4.31 Å². The van der Waals surface area contributed by atoms with Gasteiger partial charge in [0, 0.05) is 18.7 Å². The van der Waals surface area contributed by atoms with Gasteiger partial charge in [-0.2, -0.15) is 4.31 Å². The van der Waals surface area contributed by atoms with Gasteiger partial charge in [-0.15, -0.1) is 6.42 Å². The summed E-state index contributed by atoms with van der Waals surface area (Å²) in [6.07, 6.45) is 5.76. The molecule has 0 aliphatic heterocycles. The number of methoxy groups -OCH3 is 1. The van der Waals surface area contributed by atoms with Crippen LogP contribution in [0.1, 0.15) is 13.3 Å². The fourth-order valence-electron chi connectivity index (χ4n) is 1.76. The fraction of sp³-hybridized carbons (Fsp3) is 0.385. The van der Waals surface area contributed by atoms with E-state index in [0.717, 1.165) is 10.4 Å². The summed E-state index contributed by atoms with van der Waals surface area (Å²) in [6, 6.07) is 3.42. The largest absolute Gasteiger partial charge is 0.495 e. The van der Waals surface area contributed by atoms with Gasteiger partial charge in [0.05, 0.1) is 18.6 Å². The third-order valence-electron chi connectivity index (χ3n) is 2.72. The Bertz CT molecular complexity index is 664. The van der Waals surface area contributed by atoms with Gasteiger partial charge in [-0.25, -0.2) is 8.42 Å². The topological polar surface area (TPSA) is 89.8 Å². The van der Waals surface area contributed by atoms with Crippen LogP contribution in [0, 0.1) is 22.5 Å². The van der Waals surface area contributed by atoms with Crippen LogP contribution in [0.5, 0.6) is 5.75 Å². The van der Waals surface area contributed by atoms with Crippen molar-refractivity contribution in [3.05, 3.63) is 28.3 Å². The lowest BCUT2D eigenvalue weighted by molar-refractivity contribution is -0.385. The highest BCUT2D eigenvalue weighted by Gasteiger charge is 2.28. The van der Waals surface area contributed by atoms with E-state index in [1.54, 1.807) is 0 Å². The van der Waals surface area contributed by atoms with Crippen molar-refractivity contribution < 1.29 is 18.1 Å². The van der Waals surface area contributed by atoms with Crippen LogP contribution in [0.15, 0.2) is 23.1 Å². The molecule has 0 saturated carbocycles. The lowest BCUT2D eigenvalue weighted by atomic mass is 10.3. The van der Waals surface area contributed by atoms with E-state index in [4.69, 9.17) is 11.2 Å². The molecule has 0 atom stereocenters. The second kappa shape index (κ2) is 7.06. The molecule has 114 valence electrons. The summed E-state index contributed by atoms with van der Waals surface area (Å²) in [5.41, 5.74) is -0.327. The summed E-state index contributed by atoms with van der Waals surface area (Å²) in [6.45, 7) is 1.92. The van der Waals surface area contributed by atoms with Gasteiger partial charge in [0.25, 0.3) is 5.69 Å². The second-order valence-corrected chi connectivity index (χ2v) is 6.04. The van der Waals surface area contributed by atoms with Crippen LogP contribution < -0.4 is 4.74 Å². The minimum absolute atomic E-state index is 0.0405. The van der Waals surface area contributed by atoms with Gasteiger partial charge in [0.1, 0.15) is 10.6 Å². The van der Waals surface area contributed by atoms with Gasteiger partial charge < -0.3 is 4.74 Å². The highest BCUT2D eigenvalue weighted by molar-refractivity contribution is 7.89. The number of rotatable bonds is 7. The Balaban J connectivity index is 3.43. The Labute approximate surface area is 123 Å². The molecule has 0 bridgehead atoms. The molecule has 0 heterocycles. The molecule has 21 heavy (non-hydrogen) atoms. The van der Waals surface area contributed by atoms with Crippen molar-refractivity contribution in [1.29, 1.82) is 0 Å². The number of benzene rings is 1. The van der Waals surface area contributed by atoms with E-state index in [-0.39, 0.29) is 29.4 Å². The number of nitrogens with zero attached hydrogens (tertiary/aromatic N) is 2.